The molecule has 2 bridgehead atoms. The third kappa shape index (κ3) is 0.915. The van der Waals surface area contributed by atoms with Crippen LogP contribution in [0.15, 0.2) is 11.7 Å². The van der Waals surface area contributed by atoms with Gasteiger partial charge in [-0.05, 0) is 5.92 Å². The minimum absolute atomic E-state index is 1.12. The van der Waals surface area contributed by atoms with Crippen LogP contribution in [0.3, 0.4) is 0 Å². The summed E-state index contributed by atoms with van der Waals surface area (Å²) in [5.74, 6) is -14.9. The van der Waals surface area contributed by atoms with Crippen LogP contribution in [0.5, 0.6) is 0 Å². The molecule has 1 nitrogen and oxygen atoms in total. The second-order valence-electron chi connectivity index (χ2n) is 4.93. The highest BCUT2D eigenvalue weighted by atomic mass is 19.3. The van der Waals surface area contributed by atoms with Gasteiger partial charge in [0.25, 0.3) is 5.85 Å². The standard InChI is InChI=1S/C10H10F6O/c1-4(2)7-3-8(13,6(12)5(7)11)9(14,15)10(7,16)17/h4,17H,3H2,1-2H3. The van der Waals surface area contributed by atoms with E-state index in [9.17, 15) is 31.4 Å². The Balaban J connectivity index is 2.79. The number of hydrogen-bond donors (Lipinski definition) is 1. The lowest BCUT2D eigenvalue weighted by molar-refractivity contribution is -0.307. The summed E-state index contributed by atoms with van der Waals surface area (Å²) in [7, 11) is 0. The summed E-state index contributed by atoms with van der Waals surface area (Å²) in [5.41, 5.74) is -6.97. The Labute approximate surface area is 93.1 Å². The normalized spacial score (nSPS) is 48.4. The molecule has 2 rings (SSSR count). The van der Waals surface area contributed by atoms with Crippen molar-refractivity contribution in [2.24, 2.45) is 11.3 Å². The molecule has 0 aromatic rings. The van der Waals surface area contributed by atoms with Crippen molar-refractivity contribution >= 4 is 0 Å². The van der Waals surface area contributed by atoms with Crippen molar-refractivity contribution in [3.8, 4) is 0 Å². The van der Waals surface area contributed by atoms with Crippen LogP contribution in [0.25, 0.3) is 0 Å². The Morgan fingerprint density at radius 1 is 1.06 bits per heavy atom. The molecule has 0 radical (unpaired) electrons. The molecule has 0 amide bonds. The fourth-order valence-corrected chi connectivity index (χ4v) is 2.80. The molecule has 2 aliphatic rings. The summed E-state index contributed by atoms with van der Waals surface area (Å²) in [6.07, 6.45) is -1.44. The monoisotopic (exact) mass is 260 g/mol. The van der Waals surface area contributed by atoms with Crippen molar-refractivity contribution in [2.75, 3.05) is 0 Å². The van der Waals surface area contributed by atoms with Crippen molar-refractivity contribution in [3.63, 3.8) is 0 Å². The van der Waals surface area contributed by atoms with E-state index in [0.29, 0.717) is 0 Å². The minimum atomic E-state index is -5.01. The molecule has 1 fully saturated rings. The van der Waals surface area contributed by atoms with Gasteiger partial charge in [-0.15, -0.1) is 0 Å². The molecule has 0 heterocycles. The van der Waals surface area contributed by atoms with Gasteiger partial charge < -0.3 is 5.11 Å². The van der Waals surface area contributed by atoms with Crippen molar-refractivity contribution in [3.05, 3.63) is 11.7 Å². The molecule has 17 heavy (non-hydrogen) atoms. The average Bonchev–Trinajstić information content (AvgIpc) is 2.47. The van der Waals surface area contributed by atoms with E-state index in [0.717, 1.165) is 13.8 Å². The van der Waals surface area contributed by atoms with Gasteiger partial charge in [-0.2, -0.15) is 8.78 Å². The van der Waals surface area contributed by atoms with Gasteiger partial charge in [0.2, 0.25) is 5.67 Å². The second-order valence-corrected chi connectivity index (χ2v) is 4.93. The molecule has 0 spiro atoms. The topological polar surface area (TPSA) is 20.2 Å². The first kappa shape index (κ1) is 12.7. The van der Waals surface area contributed by atoms with Crippen LogP contribution in [0.1, 0.15) is 20.3 Å². The number of alkyl halides is 4. The molecular weight excluding hydrogens is 250 g/mol. The Hall–Kier alpha value is -0.720. The van der Waals surface area contributed by atoms with Crippen molar-refractivity contribution in [1.29, 1.82) is 0 Å². The third-order valence-corrected chi connectivity index (χ3v) is 3.95. The molecule has 1 N–H and O–H groups in total. The number of fused-ring (bicyclic) bond motifs is 2. The molecule has 0 aliphatic heterocycles. The maximum absolute atomic E-state index is 13.8. The summed E-state index contributed by atoms with van der Waals surface area (Å²) < 4.78 is 81.1. The lowest BCUT2D eigenvalue weighted by atomic mass is 9.72. The first-order valence-corrected chi connectivity index (χ1v) is 5.01. The molecular formula is C10H10F6O. The number of hydrogen-bond acceptors (Lipinski definition) is 1. The van der Waals surface area contributed by atoms with E-state index in [1.807, 2.05) is 0 Å². The predicted octanol–water partition coefficient (Wildman–Crippen LogP) is 3.20. The second kappa shape index (κ2) is 2.81. The largest absolute Gasteiger partial charge is 0.356 e. The molecule has 0 saturated heterocycles. The summed E-state index contributed by atoms with van der Waals surface area (Å²) in [5, 5.41) is 9.19. The van der Waals surface area contributed by atoms with Crippen LogP contribution in [-0.4, -0.2) is 22.6 Å². The molecule has 3 unspecified atom stereocenters. The molecule has 7 heteroatoms. The number of rotatable bonds is 1. The molecule has 3 atom stereocenters. The highest BCUT2D eigenvalue weighted by molar-refractivity contribution is 5.44. The lowest BCUT2D eigenvalue weighted by Crippen LogP contribution is -2.60. The van der Waals surface area contributed by atoms with E-state index in [2.05, 4.69) is 0 Å². The Bertz CT molecular complexity index is 415. The van der Waals surface area contributed by atoms with Crippen molar-refractivity contribution in [2.45, 2.75) is 37.7 Å². The first-order chi connectivity index (χ1) is 7.47. The van der Waals surface area contributed by atoms with Crippen molar-refractivity contribution < 1.29 is 31.4 Å². The maximum Gasteiger partial charge on any atom is 0.346 e. The Morgan fingerprint density at radius 2 is 1.53 bits per heavy atom. The quantitative estimate of drug-likeness (QED) is 0.718. The fraction of sp³-hybridized carbons (Fsp3) is 0.800. The van der Waals surface area contributed by atoms with Gasteiger partial charge in [0.05, 0.1) is 5.41 Å². The smallest absolute Gasteiger partial charge is 0.346 e. The van der Waals surface area contributed by atoms with E-state index >= 15 is 0 Å². The SMILES string of the molecule is CC(C)C12CC(F)(C(F)=C1F)C(F)(F)C2(O)F. The van der Waals surface area contributed by atoms with Gasteiger partial charge in [0.1, 0.15) is 5.83 Å². The third-order valence-electron chi connectivity index (χ3n) is 3.95. The summed E-state index contributed by atoms with van der Waals surface area (Å²) in [4.78, 5) is 0. The van der Waals surface area contributed by atoms with Crippen LogP contribution in [0.2, 0.25) is 0 Å². The van der Waals surface area contributed by atoms with Crippen LogP contribution in [0.4, 0.5) is 26.3 Å². The van der Waals surface area contributed by atoms with Crippen LogP contribution in [-0.2, 0) is 0 Å². The van der Waals surface area contributed by atoms with Crippen molar-refractivity contribution in [1.82, 2.24) is 0 Å². The fourth-order valence-electron chi connectivity index (χ4n) is 2.80. The van der Waals surface area contributed by atoms with E-state index in [1.54, 1.807) is 0 Å². The molecule has 1 saturated carbocycles. The zero-order valence-electron chi connectivity index (χ0n) is 9.00. The van der Waals surface area contributed by atoms with E-state index in [4.69, 9.17) is 0 Å². The van der Waals surface area contributed by atoms with E-state index in [1.165, 1.54) is 0 Å². The van der Waals surface area contributed by atoms with Gasteiger partial charge in [-0.25, -0.2) is 17.6 Å². The summed E-state index contributed by atoms with van der Waals surface area (Å²) in [6.45, 7) is 2.23. The molecule has 0 aromatic heterocycles. The first-order valence-electron chi connectivity index (χ1n) is 5.01. The van der Waals surface area contributed by atoms with Crippen LogP contribution in [0, 0.1) is 11.3 Å². The minimum Gasteiger partial charge on any atom is -0.356 e. The maximum atomic E-state index is 13.8. The van der Waals surface area contributed by atoms with Gasteiger partial charge >= 0.3 is 5.92 Å². The van der Waals surface area contributed by atoms with Crippen LogP contribution >= 0.6 is 0 Å². The Morgan fingerprint density at radius 3 is 1.88 bits per heavy atom. The molecule has 0 aromatic carbocycles. The van der Waals surface area contributed by atoms with Crippen LogP contribution < -0.4 is 0 Å². The zero-order chi connectivity index (χ0) is 13.4. The zero-order valence-corrected chi connectivity index (χ0v) is 9.00. The molecule has 2 aliphatic carbocycles. The summed E-state index contributed by atoms with van der Waals surface area (Å²) in [6, 6.07) is 0. The van der Waals surface area contributed by atoms with Gasteiger partial charge in [-0.3, -0.25) is 0 Å². The van der Waals surface area contributed by atoms with Gasteiger partial charge in [0, 0.05) is 6.42 Å². The van der Waals surface area contributed by atoms with E-state index in [-0.39, 0.29) is 0 Å². The predicted molar refractivity (Wildman–Crippen MR) is 46.0 cm³/mol. The number of aliphatic hydroxyl groups is 1. The van der Waals surface area contributed by atoms with Gasteiger partial charge in [0.15, 0.2) is 5.83 Å². The lowest BCUT2D eigenvalue weighted by Gasteiger charge is -2.41. The van der Waals surface area contributed by atoms with Gasteiger partial charge in [-0.1, -0.05) is 13.8 Å². The summed E-state index contributed by atoms with van der Waals surface area (Å²) >= 11 is 0. The Kier molecular flexibility index (Phi) is 2.11. The number of allylic oxidation sites excluding steroid dienone is 1. The average molecular weight is 260 g/mol. The molecule has 98 valence electrons. The number of halogens is 6. The van der Waals surface area contributed by atoms with E-state index < -0.39 is 46.9 Å². The highest BCUT2D eigenvalue weighted by Gasteiger charge is 2.90. The highest BCUT2D eigenvalue weighted by Crippen LogP contribution is 2.74.